The van der Waals surface area contributed by atoms with Crippen LogP contribution in [0.5, 0.6) is 0 Å². The van der Waals surface area contributed by atoms with Crippen molar-refractivity contribution >= 4 is 51.6 Å². The molecule has 0 saturated carbocycles. The lowest BCUT2D eigenvalue weighted by Crippen LogP contribution is -2.47. The number of nitrogens with zero attached hydrogens (tertiary/aromatic N) is 2. The van der Waals surface area contributed by atoms with Crippen molar-refractivity contribution in [3.8, 4) is 0 Å². The number of hydrogen-bond acceptors (Lipinski definition) is 4. The maximum atomic E-state index is 13.4. The van der Waals surface area contributed by atoms with Crippen molar-refractivity contribution in [3.63, 3.8) is 0 Å². The molecule has 2 N–H and O–H groups in total. The quantitative estimate of drug-likeness (QED) is 0.598. The van der Waals surface area contributed by atoms with Crippen LogP contribution in [0.15, 0.2) is 36.7 Å². The summed E-state index contributed by atoms with van der Waals surface area (Å²) in [6.07, 6.45) is 3.09. The number of halogens is 3. The van der Waals surface area contributed by atoms with Gasteiger partial charge in [0.05, 0.1) is 16.9 Å². The summed E-state index contributed by atoms with van der Waals surface area (Å²) in [7, 11) is 0. The molecule has 0 unspecified atom stereocenters. The smallest absolute Gasteiger partial charge is 0.266 e. The highest BCUT2D eigenvalue weighted by Gasteiger charge is 2.50. The van der Waals surface area contributed by atoms with Crippen molar-refractivity contribution in [3.05, 3.63) is 58.1 Å². The minimum atomic E-state index is -2.12. The predicted octanol–water partition coefficient (Wildman–Crippen LogP) is 3.68. The number of H-pyrrole nitrogens is 1. The van der Waals surface area contributed by atoms with Gasteiger partial charge in [-0.05, 0) is 36.2 Å². The van der Waals surface area contributed by atoms with Crippen LogP contribution >= 0.6 is 23.2 Å². The minimum absolute atomic E-state index is 0.0342. The number of Topliss-reactive ketones (excluding diaryl/α,β-unsaturated/α-hetero) is 1. The van der Waals surface area contributed by atoms with Crippen LogP contribution in [0.3, 0.4) is 0 Å². The van der Waals surface area contributed by atoms with Gasteiger partial charge in [-0.2, -0.15) is 0 Å². The third-order valence-corrected chi connectivity index (χ3v) is 5.63. The van der Waals surface area contributed by atoms with Crippen molar-refractivity contribution < 1.29 is 19.1 Å². The van der Waals surface area contributed by atoms with Gasteiger partial charge in [0.15, 0.2) is 5.78 Å². The van der Waals surface area contributed by atoms with Crippen molar-refractivity contribution in [2.24, 2.45) is 0 Å². The SMILES string of the molecule is O=C(CCc1cc(F)cc(Cl)c1)[C@@]1(O)CCN(c2cnc3[nH]cc(Cl)c3c2)C1=O. The van der Waals surface area contributed by atoms with Crippen LogP contribution in [0.25, 0.3) is 11.0 Å². The number of carbonyl (C=O) groups is 2. The molecule has 6 nitrogen and oxygen atoms in total. The normalized spacial score (nSPS) is 19.3. The molecule has 9 heteroatoms. The Kier molecular flexibility index (Phi) is 5.06. The standard InChI is InChI=1S/C20H16Cl2FN3O3/c21-12-5-11(6-13(23)7-12)1-2-17(27)20(29)3-4-26(19(20)28)14-8-15-16(22)10-25-18(15)24-9-14/h5-10,29H,1-4H2,(H,24,25)/t20-/m0/s1. The Balaban J connectivity index is 1.51. The number of aryl methyl sites for hydroxylation is 1. The molecule has 3 aromatic rings. The number of hydrogen-bond donors (Lipinski definition) is 2. The molecular weight excluding hydrogens is 420 g/mol. The van der Waals surface area contributed by atoms with Crippen LogP contribution < -0.4 is 4.90 Å². The number of amides is 1. The zero-order valence-corrected chi connectivity index (χ0v) is 16.6. The first kappa shape index (κ1) is 19.8. The highest BCUT2D eigenvalue weighted by atomic mass is 35.5. The molecule has 2 aromatic heterocycles. The molecule has 1 amide bonds. The molecule has 4 rings (SSSR count). The molecule has 0 radical (unpaired) electrons. The fourth-order valence-corrected chi connectivity index (χ4v) is 3.98. The molecule has 1 saturated heterocycles. The van der Waals surface area contributed by atoms with Crippen molar-refractivity contribution in [1.29, 1.82) is 0 Å². The summed E-state index contributed by atoms with van der Waals surface area (Å²) in [4.78, 5) is 34.0. The number of anilines is 1. The second-order valence-electron chi connectivity index (χ2n) is 6.99. The van der Waals surface area contributed by atoms with Gasteiger partial charge < -0.3 is 15.0 Å². The van der Waals surface area contributed by atoms with Gasteiger partial charge >= 0.3 is 0 Å². The number of aromatic amines is 1. The third-order valence-electron chi connectivity index (χ3n) is 5.10. The van der Waals surface area contributed by atoms with Crippen LogP contribution in [0.2, 0.25) is 10.0 Å². The van der Waals surface area contributed by atoms with Gasteiger partial charge in [0.2, 0.25) is 5.60 Å². The van der Waals surface area contributed by atoms with Crippen molar-refractivity contribution in [2.75, 3.05) is 11.4 Å². The van der Waals surface area contributed by atoms with Crippen LogP contribution in [0, 0.1) is 5.82 Å². The van der Waals surface area contributed by atoms with Gasteiger partial charge in [0.1, 0.15) is 11.5 Å². The van der Waals surface area contributed by atoms with E-state index in [0.717, 1.165) is 0 Å². The number of fused-ring (bicyclic) bond motifs is 1. The van der Waals surface area contributed by atoms with Gasteiger partial charge in [-0.3, -0.25) is 9.59 Å². The number of benzene rings is 1. The topological polar surface area (TPSA) is 86.3 Å². The number of carbonyl (C=O) groups excluding carboxylic acids is 2. The molecule has 0 spiro atoms. The lowest BCUT2D eigenvalue weighted by molar-refractivity contribution is -0.147. The van der Waals surface area contributed by atoms with Gasteiger partial charge in [-0.1, -0.05) is 23.2 Å². The van der Waals surface area contributed by atoms with Crippen molar-refractivity contribution in [1.82, 2.24) is 9.97 Å². The summed E-state index contributed by atoms with van der Waals surface area (Å²) >= 11 is 11.9. The number of rotatable bonds is 5. The maximum Gasteiger partial charge on any atom is 0.266 e. The maximum absolute atomic E-state index is 13.4. The summed E-state index contributed by atoms with van der Waals surface area (Å²) in [6.45, 7) is 0.169. The first-order chi connectivity index (χ1) is 13.8. The minimum Gasteiger partial charge on any atom is -0.373 e. The molecule has 1 aliphatic rings. The van der Waals surface area contributed by atoms with E-state index < -0.39 is 23.1 Å². The summed E-state index contributed by atoms with van der Waals surface area (Å²) in [5, 5.41) is 12.1. The molecule has 1 fully saturated rings. The second-order valence-corrected chi connectivity index (χ2v) is 7.84. The van der Waals surface area contributed by atoms with Gasteiger partial charge in [-0.25, -0.2) is 9.37 Å². The van der Waals surface area contributed by atoms with E-state index in [0.29, 0.717) is 27.3 Å². The predicted molar refractivity (Wildman–Crippen MR) is 108 cm³/mol. The molecule has 29 heavy (non-hydrogen) atoms. The monoisotopic (exact) mass is 435 g/mol. The second kappa shape index (κ2) is 7.40. The zero-order valence-electron chi connectivity index (χ0n) is 15.1. The Bertz CT molecular complexity index is 1110. The first-order valence-electron chi connectivity index (χ1n) is 8.93. The largest absolute Gasteiger partial charge is 0.373 e. The number of aliphatic hydroxyl groups is 1. The van der Waals surface area contributed by atoms with Crippen LogP contribution in [0.4, 0.5) is 10.1 Å². The van der Waals surface area contributed by atoms with Crippen molar-refractivity contribution in [2.45, 2.75) is 24.9 Å². The van der Waals surface area contributed by atoms with Gasteiger partial charge in [0.25, 0.3) is 5.91 Å². The Morgan fingerprint density at radius 2 is 2.10 bits per heavy atom. The number of pyridine rings is 1. The van der Waals surface area contributed by atoms with E-state index >= 15 is 0 Å². The number of ketones is 1. The highest BCUT2D eigenvalue weighted by Crippen LogP contribution is 2.32. The van der Waals surface area contributed by atoms with Gasteiger partial charge in [-0.15, -0.1) is 0 Å². The summed E-state index contributed by atoms with van der Waals surface area (Å²) in [5.41, 5.74) is -0.574. The Morgan fingerprint density at radius 1 is 1.31 bits per heavy atom. The average molecular weight is 436 g/mol. The number of nitrogens with one attached hydrogen (secondary N) is 1. The zero-order chi connectivity index (χ0) is 20.8. The first-order valence-corrected chi connectivity index (χ1v) is 9.69. The van der Waals surface area contributed by atoms with Crippen LogP contribution in [-0.2, 0) is 16.0 Å². The van der Waals surface area contributed by atoms with E-state index in [9.17, 15) is 19.1 Å². The molecular formula is C20H16Cl2FN3O3. The fraction of sp³-hybridized carbons (Fsp3) is 0.250. The molecule has 0 aliphatic carbocycles. The lowest BCUT2D eigenvalue weighted by atomic mass is 9.92. The summed E-state index contributed by atoms with van der Waals surface area (Å²) in [6, 6.07) is 5.67. The van der Waals surface area contributed by atoms with E-state index in [1.807, 2.05) is 0 Å². The molecule has 1 aromatic carbocycles. The Morgan fingerprint density at radius 3 is 2.86 bits per heavy atom. The van der Waals surface area contributed by atoms with Crippen LogP contribution in [0.1, 0.15) is 18.4 Å². The molecule has 3 heterocycles. The number of aromatic nitrogens is 2. The Labute approximate surface area is 175 Å². The third kappa shape index (κ3) is 3.61. The summed E-state index contributed by atoms with van der Waals surface area (Å²) < 4.78 is 13.4. The highest BCUT2D eigenvalue weighted by molar-refractivity contribution is 6.35. The van der Waals surface area contributed by atoms with E-state index in [4.69, 9.17) is 23.2 Å². The van der Waals surface area contributed by atoms with E-state index in [2.05, 4.69) is 9.97 Å². The lowest BCUT2D eigenvalue weighted by Gasteiger charge is -2.21. The molecule has 0 bridgehead atoms. The fourth-order valence-electron chi connectivity index (χ4n) is 3.54. The molecule has 1 atom stereocenters. The van der Waals surface area contributed by atoms with Crippen LogP contribution in [-0.4, -0.2) is 38.9 Å². The Hall–Kier alpha value is -2.48. The average Bonchev–Trinajstić information content (AvgIpc) is 3.20. The van der Waals surface area contributed by atoms with E-state index in [1.54, 1.807) is 18.3 Å². The van der Waals surface area contributed by atoms with E-state index in [-0.39, 0.29) is 30.8 Å². The van der Waals surface area contributed by atoms with Gasteiger partial charge in [0, 0.05) is 36.0 Å². The molecule has 1 aliphatic heterocycles. The summed E-state index contributed by atoms with van der Waals surface area (Å²) in [5.74, 6) is -1.82. The van der Waals surface area contributed by atoms with E-state index in [1.165, 1.54) is 23.2 Å². The molecule has 150 valence electrons.